The summed E-state index contributed by atoms with van der Waals surface area (Å²) in [4.78, 5) is 18.3. The van der Waals surface area contributed by atoms with Gasteiger partial charge in [0.05, 0.1) is 0 Å². The number of aromatic nitrogens is 3. The molecule has 2 fully saturated rings. The van der Waals surface area contributed by atoms with Crippen LogP contribution in [0.2, 0.25) is 0 Å². The molecule has 0 radical (unpaired) electrons. The Morgan fingerprint density at radius 2 is 1.95 bits per heavy atom. The Balaban J connectivity index is 1.80. The largest absolute Gasteiger partial charge is 0.354 e. The topological polar surface area (TPSA) is 57.2 Å². The molecule has 21 heavy (non-hydrogen) atoms. The van der Waals surface area contributed by atoms with Gasteiger partial charge in [0.15, 0.2) is 0 Å². The summed E-state index contributed by atoms with van der Waals surface area (Å²) in [6.07, 6.45) is 6.22. The van der Waals surface area contributed by atoms with Gasteiger partial charge in [0.1, 0.15) is 0 Å². The van der Waals surface area contributed by atoms with Crippen LogP contribution in [0.1, 0.15) is 39.0 Å². The van der Waals surface area contributed by atoms with Gasteiger partial charge >= 0.3 is 0 Å². The van der Waals surface area contributed by atoms with Crippen LogP contribution in [0, 0.1) is 5.92 Å². The van der Waals surface area contributed by atoms with Gasteiger partial charge in [-0.1, -0.05) is 6.92 Å². The zero-order valence-corrected chi connectivity index (χ0v) is 13.2. The first kappa shape index (κ1) is 14.4. The van der Waals surface area contributed by atoms with E-state index in [1.807, 2.05) is 0 Å². The molecule has 1 saturated heterocycles. The summed E-state index contributed by atoms with van der Waals surface area (Å²) in [5, 5.41) is 3.31. The monoisotopic (exact) mass is 290 g/mol. The van der Waals surface area contributed by atoms with Gasteiger partial charge in [0, 0.05) is 33.2 Å². The van der Waals surface area contributed by atoms with E-state index in [0.29, 0.717) is 5.95 Å². The van der Waals surface area contributed by atoms with Crippen LogP contribution in [0.3, 0.4) is 0 Å². The molecular weight excluding hydrogens is 264 g/mol. The maximum Gasteiger partial charge on any atom is 0.231 e. The van der Waals surface area contributed by atoms with Crippen molar-refractivity contribution < 1.29 is 0 Å². The van der Waals surface area contributed by atoms with Gasteiger partial charge < -0.3 is 15.1 Å². The van der Waals surface area contributed by atoms with Crippen molar-refractivity contribution in [2.45, 2.75) is 39.0 Å². The van der Waals surface area contributed by atoms with Crippen LogP contribution in [0.5, 0.6) is 0 Å². The van der Waals surface area contributed by atoms with Crippen LogP contribution < -0.4 is 15.1 Å². The Morgan fingerprint density at radius 1 is 1.19 bits per heavy atom. The van der Waals surface area contributed by atoms with Crippen LogP contribution in [-0.4, -0.2) is 48.2 Å². The lowest BCUT2D eigenvalue weighted by Gasteiger charge is -2.21. The Bertz CT molecular complexity index is 467. The molecule has 116 valence electrons. The minimum absolute atomic E-state index is 0.714. The fourth-order valence-corrected chi connectivity index (χ4v) is 2.67. The molecule has 1 aliphatic heterocycles. The fraction of sp³-hybridized carbons (Fsp3) is 0.800. The highest BCUT2D eigenvalue weighted by Crippen LogP contribution is 2.30. The minimum atomic E-state index is 0.714. The van der Waals surface area contributed by atoms with Gasteiger partial charge in [0.2, 0.25) is 17.8 Å². The van der Waals surface area contributed by atoms with Gasteiger partial charge in [-0.25, -0.2) is 0 Å². The fourth-order valence-electron chi connectivity index (χ4n) is 2.67. The summed E-state index contributed by atoms with van der Waals surface area (Å²) in [5.74, 6) is 3.18. The zero-order chi connectivity index (χ0) is 14.7. The molecule has 1 aromatic rings. The quantitative estimate of drug-likeness (QED) is 0.830. The summed E-state index contributed by atoms with van der Waals surface area (Å²) < 4.78 is 0. The zero-order valence-electron chi connectivity index (χ0n) is 13.2. The first-order chi connectivity index (χ1) is 10.3. The van der Waals surface area contributed by atoms with E-state index in [4.69, 9.17) is 4.98 Å². The van der Waals surface area contributed by atoms with Crippen LogP contribution in [0.4, 0.5) is 17.8 Å². The molecule has 0 amide bonds. The lowest BCUT2D eigenvalue weighted by atomic mass is 10.4. The molecule has 1 saturated carbocycles. The third-order valence-corrected chi connectivity index (χ3v) is 4.10. The highest BCUT2D eigenvalue weighted by molar-refractivity contribution is 5.45. The maximum absolute atomic E-state index is 4.69. The predicted octanol–water partition coefficient (Wildman–Crippen LogP) is 2.14. The molecule has 0 bridgehead atoms. The van der Waals surface area contributed by atoms with E-state index in [1.54, 1.807) is 0 Å². The molecule has 2 heterocycles. The van der Waals surface area contributed by atoms with Crippen molar-refractivity contribution >= 4 is 17.8 Å². The SMILES string of the molecule is CCCNc1nc(N(C)CC2CC2)nc(N2CCCC2)n1. The van der Waals surface area contributed by atoms with E-state index >= 15 is 0 Å². The molecule has 3 rings (SSSR count). The van der Waals surface area contributed by atoms with E-state index in [2.05, 4.69) is 39.1 Å². The number of rotatable bonds is 7. The molecule has 0 spiro atoms. The maximum atomic E-state index is 4.69. The van der Waals surface area contributed by atoms with E-state index < -0.39 is 0 Å². The molecule has 0 atom stereocenters. The summed E-state index contributed by atoms with van der Waals surface area (Å²) in [5.41, 5.74) is 0. The lowest BCUT2D eigenvalue weighted by molar-refractivity contribution is 0.754. The summed E-state index contributed by atoms with van der Waals surface area (Å²) in [6.45, 7) is 6.22. The smallest absolute Gasteiger partial charge is 0.231 e. The van der Waals surface area contributed by atoms with E-state index in [1.165, 1.54) is 25.7 Å². The Morgan fingerprint density at radius 3 is 2.62 bits per heavy atom. The van der Waals surface area contributed by atoms with Crippen LogP contribution >= 0.6 is 0 Å². The van der Waals surface area contributed by atoms with Crippen molar-refractivity contribution in [1.82, 2.24) is 15.0 Å². The predicted molar refractivity (Wildman–Crippen MR) is 86.0 cm³/mol. The van der Waals surface area contributed by atoms with Gasteiger partial charge in [-0.2, -0.15) is 15.0 Å². The second kappa shape index (κ2) is 6.45. The molecule has 6 heteroatoms. The van der Waals surface area contributed by atoms with Crippen molar-refractivity contribution in [3.63, 3.8) is 0 Å². The van der Waals surface area contributed by atoms with E-state index in [-0.39, 0.29) is 0 Å². The number of anilines is 3. The van der Waals surface area contributed by atoms with Crippen molar-refractivity contribution in [2.24, 2.45) is 5.92 Å². The molecule has 1 N–H and O–H groups in total. The third-order valence-electron chi connectivity index (χ3n) is 4.10. The van der Waals surface area contributed by atoms with E-state index in [0.717, 1.165) is 50.4 Å². The lowest BCUT2D eigenvalue weighted by Crippen LogP contribution is -2.26. The summed E-state index contributed by atoms with van der Waals surface area (Å²) in [6, 6.07) is 0. The minimum Gasteiger partial charge on any atom is -0.354 e. The Labute approximate surface area is 127 Å². The van der Waals surface area contributed by atoms with Gasteiger partial charge in [-0.3, -0.25) is 0 Å². The molecule has 2 aliphatic rings. The molecule has 1 aromatic heterocycles. The second-order valence-corrected chi connectivity index (χ2v) is 6.20. The van der Waals surface area contributed by atoms with Crippen LogP contribution in [0.15, 0.2) is 0 Å². The third kappa shape index (κ3) is 3.74. The normalized spacial score (nSPS) is 18.1. The molecule has 1 aliphatic carbocycles. The van der Waals surface area contributed by atoms with Gasteiger partial charge in [-0.15, -0.1) is 0 Å². The van der Waals surface area contributed by atoms with Crippen molar-refractivity contribution in [1.29, 1.82) is 0 Å². The van der Waals surface area contributed by atoms with E-state index in [9.17, 15) is 0 Å². The average Bonchev–Trinajstić information content (AvgIpc) is 3.14. The number of hydrogen-bond acceptors (Lipinski definition) is 6. The van der Waals surface area contributed by atoms with Crippen LogP contribution in [-0.2, 0) is 0 Å². The molecule has 6 nitrogen and oxygen atoms in total. The average molecular weight is 290 g/mol. The Hall–Kier alpha value is -1.59. The first-order valence-corrected chi connectivity index (χ1v) is 8.22. The standard InChI is InChI=1S/C15H26N6/c1-3-8-16-13-17-14(20(2)11-12-6-7-12)19-15(18-13)21-9-4-5-10-21/h12H,3-11H2,1-2H3,(H,16,17,18,19). The molecule has 0 aromatic carbocycles. The summed E-state index contributed by atoms with van der Waals surface area (Å²) >= 11 is 0. The molecule has 0 unspecified atom stereocenters. The Kier molecular flexibility index (Phi) is 4.41. The van der Waals surface area contributed by atoms with Crippen LogP contribution in [0.25, 0.3) is 0 Å². The summed E-state index contributed by atoms with van der Waals surface area (Å²) in [7, 11) is 2.09. The first-order valence-electron chi connectivity index (χ1n) is 8.22. The number of nitrogens with one attached hydrogen (secondary N) is 1. The van der Waals surface area contributed by atoms with Gasteiger partial charge in [0.25, 0.3) is 0 Å². The van der Waals surface area contributed by atoms with Crippen molar-refractivity contribution in [2.75, 3.05) is 48.3 Å². The van der Waals surface area contributed by atoms with Gasteiger partial charge in [-0.05, 0) is 38.0 Å². The number of nitrogens with zero attached hydrogens (tertiary/aromatic N) is 5. The van der Waals surface area contributed by atoms with Crippen molar-refractivity contribution in [3.05, 3.63) is 0 Å². The van der Waals surface area contributed by atoms with Crippen molar-refractivity contribution in [3.8, 4) is 0 Å². The molecular formula is C15H26N6. The highest BCUT2D eigenvalue weighted by atomic mass is 15.4. The second-order valence-electron chi connectivity index (χ2n) is 6.20. The highest BCUT2D eigenvalue weighted by Gasteiger charge is 2.25. The number of hydrogen-bond donors (Lipinski definition) is 1.